The van der Waals surface area contributed by atoms with Gasteiger partial charge in [-0.15, -0.1) is 0 Å². The van der Waals surface area contributed by atoms with E-state index in [1.54, 1.807) is 24.3 Å². The van der Waals surface area contributed by atoms with Crippen LogP contribution in [0.1, 0.15) is 56.4 Å². The van der Waals surface area contributed by atoms with Crippen LogP contribution < -0.4 is 4.72 Å². The lowest BCUT2D eigenvalue weighted by Gasteiger charge is -2.37. The van der Waals surface area contributed by atoms with Crippen molar-refractivity contribution in [2.24, 2.45) is 16.7 Å². The van der Waals surface area contributed by atoms with Gasteiger partial charge < -0.3 is 5.11 Å². The van der Waals surface area contributed by atoms with Crippen molar-refractivity contribution in [3.63, 3.8) is 0 Å². The van der Waals surface area contributed by atoms with E-state index in [0.717, 1.165) is 6.42 Å². The monoisotopic (exact) mass is 427 g/mol. The smallest absolute Gasteiger partial charge is 0.213 e. The standard InChI is InChI=1S/C24H29NO4S/c1-23(2)19-13-14-24(23,20(26)15-19)16-30(28,29)25-21(17-9-5-3-6-10-17)22(27)18-11-7-4-8-12-18/h3-12,19,21-22,25,27H,13-16H2,1-2H3/t19-,21-,22-,24-/m0/s1. The fourth-order valence-electron chi connectivity index (χ4n) is 5.49. The first-order valence-electron chi connectivity index (χ1n) is 10.5. The molecule has 2 aromatic carbocycles. The van der Waals surface area contributed by atoms with Crippen LogP contribution in [0.4, 0.5) is 0 Å². The highest BCUT2D eigenvalue weighted by Gasteiger charge is 2.65. The van der Waals surface area contributed by atoms with Crippen LogP contribution in [0.2, 0.25) is 0 Å². The average molecular weight is 428 g/mol. The predicted octanol–water partition coefficient (Wildman–Crippen LogP) is 3.78. The van der Waals surface area contributed by atoms with Crippen molar-refractivity contribution < 1.29 is 18.3 Å². The fraction of sp³-hybridized carbons (Fsp3) is 0.458. The zero-order valence-electron chi connectivity index (χ0n) is 17.4. The summed E-state index contributed by atoms with van der Waals surface area (Å²) in [4.78, 5) is 12.8. The van der Waals surface area contributed by atoms with Crippen molar-refractivity contribution in [2.45, 2.75) is 45.3 Å². The van der Waals surface area contributed by atoms with Gasteiger partial charge in [-0.05, 0) is 35.3 Å². The van der Waals surface area contributed by atoms with Gasteiger partial charge in [-0.3, -0.25) is 4.79 Å². The fourth-order valence-corrected chi connectivity index (χ4v) is 7.55. The Labute approximate surface area is 178 Å². The molecule has 2 saturated carbocycles. The molecule has 2 bridgehead atoms. The highest BCUT2D eigenvalue weighted by molar-refractivity contribution is 7.89. The lowest BCUT2D eigenvalue weighted by atomic mass is 9.70. The van der Waals surface area contributed by atoms with E-state index in [2.05, 4.69) is 4.72 Å². The maximum absolute atomic E-state index is 13.3. The van der Waals surface area contributed by atoms with Crippen LogP contribution in [0.3, 0.4) is 0 Å². The topological polar surface area (TPSA) is 83.5 Å². The molecule has 0 saturated heterocycles. The Morgan fingerprint density at radius 1 is 1.03 bits per heavy atom. The molecule has 2 aliphatic carbocycles. The maximum atomic E-state index is 13.3. The minimum Gasteiger partial charge on any atom is -0.386 e. The molecule has 0 amide bonds. The highest BCUT2D eigenvalue weighted by Crippen LogP contribution is 2.64. The number of benzene rings is 2. The van der Waals surface area contributed by atoms with Crippen molar-refractivity contribution in [1.82, 2.24) is 4.72 Å². The van der Waals surface area contributed by atoms with Gasteiger partial charge in [-0.1, -0.05) is 74.5 Å². The second-order valence-electron chi connectivity index (χ2n) is 9.29. The summed E-state index contributed by atoms with van der Waals surface area (Å²) in [5.74, 6) is 0.0849. The van der Waals surface area contributed by atoms with Crippen LogP contribution in [0.5, 0.6) is 0 Å². The molecule has 2 fully saturated rings. The van der Waals surface area contributed by atoms with E-state index in [9.17, 15) is 18.3 Å². The molecular weight excluding hydrogens is 398 g/mol. The number of ketones is 1. The predicted molar refractivity (Wildman–Crippen MR) is 116 cm³/mol. The molecule has 30 heavy (non-hydrogen) atoms. The number of carbonyl (C=O) groups excluding carboxylic acids is 1. The number of hydrogen-bond acceptors (Lipinski definition) is 4. The van der Waals surface area contributed by atoms with E-state index in [0.29, 0.717) is 24.0 Å². The molecule has 2 aromatic rings. The molecule has 0 radical (unpaired) electrons. The van der Waals surface area contributed by atoms with Crippen molar-refractivity contribution in [3.05, 3.63) is 71.8 Å². The number of sulfonamides is 1. The number of aliphatic hydroxyl groups excluding tert-OH is 1. The van der Waals surface area contributed by atoms with Gasteiger partial charge >= 0.3 is 0 Å². The second kappa shape index (κ2) is 7.59. The van der Waals surface area contributed by atoms with Crippen LogP contribution in [0.15, 0.2) is 60.7 Å². The number of hydrogen-bond donors (Lipinski definition) is 2. The van der Waals surface area contributed by atoms with Gasteiger partial charge in [0.15, 0.2) is 0 Å². The van der Waals surface area contributed by atoms with Gasteiger partial charge in [0.25, 0.3) is 0 Å². The number of rotatable bonds is 7. The lowest BCUT2D eigenvalue weighted by molar-refractivity contribution is -0.128. The summed E-state index contributed by atoms with van der Waals surface area (Å²) in [7, 11) is -3.84. The van der Waals surface area contributed by atoms with Crippen LogP contribution >= 0.6 is 0 Å². The zero-order chi connectivity index (χ0) is 21.6. The van der Waals surface area contributed by atoms with Gasteiger partial charge in [0, 0.05) is 11.8 Å². The normalized spacial score (nSPS) is 27.2. The maximum Gasteiger partial charge on any atom is 0.213 e. The Balaban J connectivity index is 1.65. The zero-order valence-corrected chi connectivity index (χ0v) is 18.2. The first kappa shape index (κ1) is 21.2. The molecule has 2 aliphatic rings. The molecule has 0 aromatic heterocycles. The van der Waals surface area contributed by atoms with Crippen molar-refractivity contribution >= 4 is 15.8 Å². The quantitative estimate of drug-likeness (QED) is 0.704. The highest BCUT2D eigenvalue weighted by atomic mass is 32.2. The Morgan fingerprint density at radius 3 is 2.10 bits per heavy atom. The molecule has 5 nitrogen and oxygen atoms in total. The van der Waals surface area contributed by atoms with E-state index in [-0.39, 0.29) is 22.9 Å². The summed E-state index contributed by atoms with van der Waals surface area (Å²) in [5.41, 5.74) is 0.128. The Kier molecular flexibility index (Phi) is 5.37. The van der Waals surface area contributed by atoms with E-state index < -0.39 is 27.6 Å². The second-order valence-corrected chi connectivity index (χ2v) is 11.0. The van der Waals surface area contributed by atoms with Gasteiger partial charge in [0.05, 0.1) is 17.9 Å². The van der Waals surface area contributed by atoms with Crippen LogP contribution in [-0.2, 0) is 14.8 Å². The van der Waals surface area contributed by atoms with E-state index >= 15 is 0 Å². The summed E-state index contributed by atoms with van der Waals surface area (Å²) in [6, 6.07) is 17.3. The molecule has 160 valence electrons. The average Bonchev–Trinajstić information content (AvgIpc) is 3.07. The van der Waals surface area contributed by atoms with E-state index in [1.807, 2.05) is 50.2 Å². The Morgan fingerprint density at radius 2 is 1.60 bits per heavy atom. The van der Waals surface area contributed by atoms with Crippen molar-refractivity contribution in [1.29, 1.82) is 0 Å². The molecule has 4 rings (SSSR count). The van der Waals surface area contributed by atoms with Gasteiger partial charge in [-0.2, -0.15) is 0 Å². The van der Waals surface area contributed by atoms with Gasteiger partial charge in [0.2, 0.25) is 10.0 Å². The minimum absolute atomic E-state index is 0.0639. The van der Waals surface area contributed by atoms with E-state index in [1.165, 1.54) is 0 Å². The lowest BCUT2D eigenvalue weighted by Crippen LogP contribution is -2.46. The van der Waals surface area contributed by atoms with Gasteiger partial charge in [-0.25, -0.2) is 13.1 Å². The van der Waals surface area contributed by atoms with Crippen LogP contribution in [0, 0.1) is 16.7 Å². The number of Topliss-reactive ketones (excluding diaryl/α,β-unsaturated/α-hetero) is 1. The Hall–Kier alpha value is -2.02. The summed E-state index contributed by atoms with van der Waals surface area (Å²) in [5, 5.41) is 11.0. The summed E-state index contributed by atoms with van der Waals surface area (Å²) >= 11 is 0. The third-order valence-electron chi connectivity index (χ3n) is 7.50. The SMILES string of the molecule is CC1(C)[C@H]2CC[C@]1(CS(=O)(=O)N[C@@H](c1ccccc1)[C@@H](O)c1ccccc1)C(=O)C2. The van der Waals surface area contributed by atoms with Gasteiger partial charge in [0.1, 0.15) is 5.78 Å². The minimum atomic E-state index is -3.84. The molecular formula is C24H29NO4S. The third kappa shape index (κ3) is 3.51. The summed E-state index contributed by atoms with van der Waals surface area (Å²) in [6.07, 6.45) is 0.923. The summed E-state index contributed by atoms with van der Waals surface area (Å²) in [6.45, 7) is 4.05. The Bertz CT molecular complexity index is 1020. The third-order valence-corrected chi connectivity index (χ3v) is 8.98. The number of carbonyl (C=O) groups is 1. The van der Waals surface area contributed by atoms with Crippen molar-refractivity contribution in [2.75, 3.05) is 5.75 Å². The van der Waals surface area contributed by atoms with Crippen molar-refractivity contribution in [3.8, 4) is 0 Å². The molecule has 6 heteroatoms. The number of fused-ring (bicyclic) bond motifs is 2. The van der Waals surface area contributed by atoms with Crippen LogP contribution in [0.25, 0.3) is 0 Å². The number of nitrogens with one attached hydrogen (secondary N) is 1. The molecule has 0 heterocycles. The molecule has 0 unspecified atom stereocenters. The first-order chi connectivity index (χ1) is 14.2. The first-order valence-corrected chi connectivity index (χ1v) is 12.1. The molecule has 0 spiro atoms. The summed E-state index contributed by atoms with van der Waals surface area (Å²) < 4.78 is 29.4. The van der Waals surface area contributed by atoms with Crippen LogP contribution in [-0.4, -0.2) is 25.1 Å². The van der Waals surface area contributed by atoms with E-state index in [4.69, 9.17) is 0 Å². The molecule has 0 aliphatic heterocycles. The largest absolute Gasteiger partial charge is 0.386 e. The molecule has 4 atom stereocenters. The number of aliphatic hydroxyl groups is 1. The molecule has 2 N–H and O–H groups in total.